The van der Waals surface area contributed by atoms with E-state index in [2.05, 4.69) is 32.6 Å². The SMILES string of the molecule is CCCc1nc(COC(=O)[C@@H](NS(=O)(=O)c2ccc(Br)cc2)C(C)C)cs1. The number of aryl methyl sites for hydroxylation is 1. The number of nitrogens with zero attached hydrogens (tertiary/aromatic N) is 1. The van der Waals surface area contributed by atoms with Crippen LogP contribution in [-0.2, 0) is 32.6 Å². The van der Waals surface area contributed by atoms with Gasteiger partial charge in [0.1, 0.15) is 12.6 Å². The van der Waals surface area contributed by atoms with Crippen LogP contribution in [0.1, 0.15) is 37.9 Å². The lowest BCUT2D eigenvalue weighted by Gasteiger charge is -2.20. The first-order valence-electron chi connectivity index (χ1n) is 8.60. The number of halogens is 1. The molecule has 0 spiro atoms. The molecule has 2 aromatic rings. The van der Waals surface area contributed by atoms with Crippen LogP contribution in [0.5, 0.6) is 0 Å². The summed E-state index contributed by atoms with van der Waals surface area (Å²) in [5, 5.41) is 2.86. The highest BCUT2D eigenvalue weighted by atomic mass is 79.9. The van der Waals surface area contributed by atoms with Crippen molar-refractivity contribution in [1.29, 1.82) is 0 Å². The number of ether oxygens (including phenoxy) is 1. The van der Waals surface area contributed by atoms with Gasteiger partial charge >= 0.3 is 5.97 Å². The summed E-state index contributed by atoms with van der Waals surface area (Å²) in [6, 6.07) is 5.23. The maximum absolute atomic E-state index is 12.6. The van der Waals surface area contributed by atoms with Gasteiger partial charge in [-0.05, 0) is 43.0 Å². The van der Waals surface area contributed by atoms with E-state index in [1.807, 2.05) is 5.38 Å². The third-order valence-electron chi connectivity index (χ3n) is 3.75. The van der Waals surface area contributed by atoms with Gasteiger partial charge in [0.2, 0.25) is 10.0 Å². The molecule has 2 rings (SSSR count). The third kappa shape index (κ3) is 6.38. The number of esters is 1. The van der Waals surface area contributed by atoms with Crippen LogP contribution >= 0.6 is 27.3 Å². The molecule has 9 heteroatoms. The largest absolute Gasteiger partial charge is 0.458 e. The summed E-state index contributed by atoms with van der Waals surface area (Å²) in [5.41, 5.74) is 0.676. The minimum atomic E-state index is -3.84. The van der Waals surface area contributed by atoms with Gasteiger partial charge in [0, 0.05) is 9.85 Å². The molecular formula is C18H23BrN2O4S2. The number of thiazole rings is 1. The topological polar surface area (TPSA) is 85.4 Å². The predicted molar refractivity (Wildman–Crippen MR) is 109 cm³/mol. The molecule has 0 radical (unpaired) electrons. The Morgan fingerprint density at radius 3 is 2.56 bits per heavy atom. The molecule has 0 fully saturated rings. The average molecular weight is 475 g/mol. The van der Waals surface area contributed by atoms with E-state index in [9.17, 15) is 13.2 Å². The van der Waals surface area contributed by atoms with E-state index < -0.39 is 22.0 Å². The number of carbonyl (C=O) groups excluding carboxylic acids is 1. The normalized spacial score (nSPS) is 12.9. The minimum absolute atomic E-state index is 0.0300. The second-order valence-electron chi connectivity index (χ2n) is 6.39. The van der Waals surface area contributed by atoms with Gasteiger partial charge in [-0.2, -0.15) is 4.72 Å². The van der Waals surface area contributed by atoms with Gasteiger partial charge in [0.15, 0.2) is 0 Å². The van der Waals surface area contributed by atoms with Gasteiger partial charge in [-0.15, -0.1) is 11.3 Å². The molecule has 0 saturated carbocycles. The van der Waals surface area contributed by atoms with Crippen LogP contribution in [0.2, 0.25) is 0 Å². The summed E-state index contributed by atoms with van der Waals surface area (Å²) in [5.74, 6) is -0.885. The molecule has 0 unspecified atom stereocenters. The quantitative estimate of drug-likeness (QED) is 0.556. The van der Waals surface area contributed by atoms with E-state index in [0.29, 0.717) is 5.69 Å². The highest BCUT2D eigenvalue weighted by Gasteiger charge is 2.29. The molecule has 1 atom stereocenters. The molecule has 1 heterocycles. The average Bonchev–Trinajstić information content (AvgIpc) is 3.06. The van der Waals surface area contributed by atoms with E-state index in [4.69, 9.17) is 4.74 Å². The lowest BCUT2D eigenvalue weighted by Crippen LogP contribution is -2.45. The molecule has 0 saturated heterocycles. The van der Waals surface area contributed by atoms with Crippen LogP contribution in [0, 0.1) is 5.92 Å². The molecule has 0 aliphatic heterocycles. The van der Waals surface area contributed by atoms with Crippen molar-refractivity contribution in [1.82, 2.24) is 9.71 Å². The summed E-state index contributed by atoms with van der Waals surface area (Å²) < 4.78 is 33.7. The van der Waals surface area contributed by atoms with Crippen molar-refractivity contribution in [2.24, 2.45) is 5.92 Å². The summed E-state index contributed by atoms with van der Waals surface area (Å²) >= 11 is 4.80. The number of carbonyl (C=O) groups is 1. The van der Waals surface area contributed by atoms with Gasteiger partial charge in [0.25, 0.3) is 0 Å². The number of benzene rings is 1. The fourth-order valence-electron chi connectivity index (χ4n) is 2.28. The van der Waals surface area contributed by atoms with Crippen molar-refractivity contribution in [3.05, 3.63) is 44.8 Å². The van der Waals surface area contributed by atoms with Crippen LogP contribution < -0.4 is 4.72 Å². The van der Waals surface area contributed by atoms with Crippen LogP contribution in [0.3, 0.4) is 0 Å². The summed E-state index contributed by atoms with van der Waals surface area (Å²) in [6.45, 7) is 5.63. The molecule has 0 bridgehead atoms. The number of aromatic nitrogens is 1. The van der Waals surface area contributed by atoms with Crippen molar-refractivity contribution in [3.63, 3.8) is 0 Å². The lowest BCUT2D eigenvalue weighted by molar-refractivity contribution is -0.148. The zero-order valence-corrected chi connectivity index (χ0v) is 18.7. The molecular weight excluding hydrogens is 452 g/mol. The smallest absolute Gasteiger partial charge is 0.324 e. The van der Waals surface area contributed by atoms with Crippen molar-refractivity contribution < 1.29 is 17.9 Å². The standard InChI is InChI=1S/C18H23BrN2O4S2/c1-4-5-16-20-14(11-26-16)10-25-18(22)17(12(2)3)21-27(23,24)15-8-6-13(19)7-9-15/h6-9,11-12,17,21H,4-5,10H2,1-3H3/t17-/m0/s1. The fraction of sp³-hybridized carbons (Fsp3) is 0.444. The van der Waals surface area contributed by atoms with Gasteiger partial charge in [-0.1, -0.05) is 36.7 Å². The summed E-state index contributed by atoms with van der Waals surface area (Å²) in [7, 11) is -3.84. The second-order valence-corrected chi connectivity index (χ2v) is 9.96. The Hall–Kier alpha value is -1.29. The van der Waals surface area contributed by atoms with Crippen molar-refractivity contribution in [2.45, 2.75) is 51.2 Å². The van der Waals surface area contributed by atoms with Crippen LogP contribution in [-0.4, -0.2) is 25.4 Å². The first-order valence-corrected chi connectivity index (χ1v) is 11.8. The van der Waals surface area contributed by atoms with Crippen LogP contribution in [0.25, 0.3) is 0 Å². The van der Waals surface area contributed by atoms with Crippen molar-refractivity contribution in [3.8, 4) is 0 Å². The fourth-order valence-corrected chi connectivity index (χ4v) is 4.77. The molecule has 27 heavy (non-hydrogen) atoms. The molecule has 1 N–H and O–H groups in total. The molecule has 148 valence electrons. The summed E-state index contributed by atoms with van der Waals surface area (Å²) in [6.07, 6.45) is 1.89. The molecule has 0 aliphatic rings. The Labute approximate surface area is 172 Å². The second kappa shape index (κ2) is 9.77. The van der Waals surface area contributed by atoms with Crippen LogP contribution in [0.4, 0.5) is 0 Å². The Morgan fingerprint density at radius 2 is 1.96 bits per heavy atom. The number of nitrogens with one attached hydrogen (secondary N) is 1. The Balaban J connectivity index is 2.04. The van der Waals surface area contributed by atoms with Crippen molar-refractivity contribution in [2.75, 3.05) is 0 Å². The van der Waals surface area contributed by atoms with Gasteiger partial charge in [0.05, 0.1) is 15.6 Å². The zero-order chi connectivity index (χ0) is 20.0. The molecule has 0 aliphatic carbocycles. The van der Waals surface area contributed by atoms with Crippen molar-refractivity contribution >= 4 is 43.3 Å². The lowest BCUT2D eigenvalue weighted by atomic mass is 10.1. The number of hydrogen-bond acceptors (Lipinski definition) is 6. The Bertz CT molecular complexity index is 864. The van der Waals surface area contributed by atoms with E-state index in [1.54, 1.807) is 26.0 Å². The summed E-state index contributed by atoms with van der Waals surface area (Å²) in [4.78, 5) is 17.0. The molecule has 1 aromatic carbocycles. The first kappa shape index (κ1) is 22.0. The highest BCUT2D eigenvalue weighted by Crippen LogP contribution is 2.17. The van der Waals surface area contributed by atoms with Gasteiger partial charge < -0.3 is 4.74 Å². The van der Waals surface area contributed by atoms with E-state index >= 15 is 0 Å². The maximum atomic E-state index is 12.6. The van der Waals surface area contributed by atoms with Gasteiger partial charge in [-0.3, -0.25) is 4.79 Å². The maximum Gasteiger partial charge on any atom is 0.324 e. The van der Waals surface area contributed by atoms with E-state index in [1.165, 1.54) is 23.5 Å². The highest BCUT2D eigenvalue weighted by molar-refractivity contribution is 9.10. The minimum Gasteiger partial charge on any atom is -0.458 e. The Morgan fingerprint density at radius 1 is 1.30 bits per heavy atom. The molecule has 6 nitrogen and oxygen atoms in total. The molecule has 1 aromatic heterocycles. The Kier molecular flexibility index (Phi) is 7.96. The predicted octanol–water partition coefficient (Wildman–Crippen LogP) is 3.90. The molecule has 0 amide bonds. The zero-order valence-electron chi connectivity index (χ0n) is 15.4. The number of sulfonamides is 1. The number of rotatable bonds is 9. The van der Waals surface area contributed by atoms with E-state index in [0.717, 1.165) is 22.3 Å². The monoisotopic (exact) mass is 474 g/mol. The first-order chi connectivity index (χ1) is 12.7. The third-order valence-corrected chi connectivity index (χ3v) is 6.70. The van der Waals surface area contributed by atoms with E-state index in [-0.39, 0.29) is 17.4 Å². The van der Waals surface area contributed by atoms with Gasteiger partial charge in [-0.25, -0.2) is 13.4 Å². The number of hydrogen-bond donors (Lipinski definition) is 1. The van der Waals surface area contributed by atoms with Crippen LogP contribution in [0.15, 0.2) is 39.0 Å².